The summed E-state index contributed by atoms with van der Waals surface area (Å²) >= 11 is 1.61. The first kappa shape index (κ1) is 23.1. The van der Waals surface area contributed by atoms with Gasteiger partial charge in [0, 0.05) is 36.2 Å². The molecule has 0 aliphatic carbocycles. The Hall–Kier alpha value is -3.66. The smallest absolute Gasteiger partial charge is 0.275 e. The fourth-order valence-corrected chi connectivity index (χ4v) is 5.92. The van der Waals surface area contributed by atoms with E-state index in [1.165, 1.54) is 16.8 Å². The highest BCUT2D eigenvalue weighted by molar-refractivity contribution is 8.00. The van der Waals surface area contributed by atoms with Gasteiger partial charge in [-0.05, 0) is 18.1 Å². The molecular weight excluding hydrogens is 476 g/mol. The molecule has 0 radical (unpaired) electrons. The van der Waals surface area contributed by atoms with Crippen LogP contribution in [0.1, 0.15) is 32.0 Å². The van der Waals surface area contributed by atoms with Gasteiger partial charge in [-0.25, -0.2) is 8.78 Å². The summed E-state index contributed by atoms with van der Waals surface area (Å²) in [4.78, 5) is 40.5. The quantitative estimate of drug-likeness (QED) is 0.566. The Morgan fingerprint density at radius 1 is 1.14 bits per heavy atom. The van der Waals surface area contributed by atoms with E-state index in [0.29, 0.717) is 24.8 Å². The number of thioether (sulfide) groups is 1. The summed E-state index contributed by atoms with van der Waals surface area (Å²) in [5.74, 6) is -2.94. The van der Waals surface area contributed by atoms with Crippen molar-refractivity contribution >= 4 is 23.6 Å². The van der Waals surface area contributed by atoms with Crippen molar-refractivity contribution in [3.05, 3.63) is 99.0 Å². The molecule has 1 fully saturated rings. The number of hydrogen-bond acceptors (Lipinski definition) is 5. The molecule has 2 N–H and O–H groups in total. The molecule has 3 aromatic rings. The summed E-state index contributed by atoms with van der Waals surface area (Å²) in [5, 5.41) is 12.8. The summed E-state index contributed by atoms with van der Waals surface area (Å²) in [6.07, 6.45) is 1.91. The average Bonchev–Trinajstić information content (AvgIpc) is 3.23. The molecule has 2 aromatic carbocycles. The Bertz CT molecular complexity index is 1380. The van der Waals surface area contributed by atoms with E-state index in [2.05, 4.69) is 5.32 Å². The standard InChI is InChI=1S/C25H21F2N3O4S/c26-16-7-6-15(19(27)9-16)10-28-24(33)18-11-29-12-20-30(25(34)21(29)23(32)22(18)31)17(13-35-20)8-14-4-2-1-3-5-14/h1-7,9,11,17,20,32H,8,10,12-13H2,(H,28,33)/t17-,20?/m1/s1. The summed E-state index contributed by atoms with van der Waals surface area (Å²) in [7, 11) is 0. The lowest BCUT2D eigenvalue weighted by atomic mass is 10.0. The maximum atomic E-state index is 13.9. The molecule has 1 saturated heterocycles. The van der Waals surface area contributed by atoms with Crippen LogP contribution in [0.5, 0.6) is 5.75 Å². The fourth-order valence-electron chi connectivity index (χ4n) is 4.50. The fraction of sp³-hybridized carbons (Fsp3) is 0.240. The number of hydrogen-bond donors (Lipinski definition) is 2. The van der Waals surface area contributed by atoms with Gasteiger partial charge in [-0.3, -0.25) is 14.4 Å². The summed E-state index contributed by atoms with van der Waals surface area (Å²) < 4.78 is 28.4. The topological polar surface area (TPSA) is 91.6 Å². The second-order valence-corrected chi connectivity index (χ2v) is 9.69. The van der Waals surface area contributed by atoms with Crippen LogP contribution in [-0.4, -0.2) is 43.6 Å². The molecule has 35 heavy (non-hydrogen) atoms. The number of rotatable bonds is 5. The maximum Gasteiger partial charge on any atom is 0.275 e. The number of aromatic nitrogens is 1. The van der Waals surface area contributed by atoms with Gasteiger partial charge in [0.1, 0.15) is 17.2 Å². The van der Waals surface area contributed by atoms with Crippen LogP contribution < -0.4 is 10.7 Å². The van der Waals surface area contributed by atoms with Crippen LogP contribution in [0.2, 0.25) is 0 Å². The second-order valence-electron chi connectivity index (χ2n) is 8.48. The second kappa shape index (κ2) is 9.18. The van der Waals surface area contributed by atoms with Gasteiger partial charge in [0.25, 0.3) is 11.8 Å². The van der Waals surface area contributed by atoms with Crippen LogP contribution in [0.4, 0.5) is 8.78 Å². The summed E-state index contributed by atoms with van der Waals surface area (Å²) in [6.45, 7) is 0.0248. The Kier molecular flexibility index (Phi) is 6.06. The van der Waals surface area contributed by atoms with Crippen molar-refractivity contribution in [2.45, 2.75) is 30.9 Å². The molecule has 0 saturated carbocycles. The molecule has 180 valence electrons. The van der Waals surface area contributed by atoms with Crippen LogP contribution in [0.3, 0.4) is 0 Å². The zero-order valence-corrected chi connectivity index (χ0v) is 19.2. The third kappa shape index (κ3) is 4.29. The van der Waals surface area contributed by atoms with Crippen LogP contribution in [0, 0.1) is 11.6 Å². The van der Waals surface area contributed by atoms with Crippen molar-refractivity contribution < 1.29 is 23.5 Å². The van der Waals surface area contributed by atoms with E-state index in [-0.39, 0.29) is 34.8 Å². The predicted molar refractivity (Wildman–Crippen MR) is 126 cm³/mol. The molecule has 0 spiro atoms. The van der Waals surface area contributed by atoms with E-state index in [1.807, 2.05) is 30.3 Å². The van der Waals surface area contributed by atoms with Gasteiger partial charge in [-0.1, -0.05) is 36.4 Å². The number of carbonyl (C=O) groups is 2. The van der Waals surface area contributed by atoms with Gasteiger partial charge in [0.2, 0.25) is 5.43 Å². The molecule has 3 heterocycles. The van der Waals surface area contributed by atoms with Gasteiger partial charge < -0.3 is 19.9 Å². The van der Waals surface area contributed by atoms with Gasteiger partial charge in [-0.15, -0.1) is 11.8 Å². The van der Waals surface area contributed by atoms with E-state index in [0.717, 1.165) is 11.6 Å². The lowest BCUT2D eigenvalue weighted by molar-refractivity contribution is 0.0619. The van der Waals surface area contributed by atoms with Crippen molar-refractivity contribution in [2.24, 2.45) is 0 Å². The third-order valence-electron chi connectivity index (χ3n) is 6.24. The van der Waals surface area contributed by atoms with E-state index in [1.54, 1.807) is 16.7 Å². The van der Waals surface area contributed by atoms with Crippen LogP contribution in [0.15, 0.2) is 59.5 Å². The number of amides is 2. The number of carbonyl (C=O) groups excluding carboxylic acids is 2. The van der Waals surface area contributed by atoms with Gasteiger partial charge >= 0.3 is 0 Å². The van der Waals surface area contributed by atoms with Gasteiger partial charge in [0.05, 0.1) is 11.9 Å². The highest BCUT2D eigenvalue weighted by atomic mass is 32.2. The van der Waals surface area contributed by atoms with Crippen LogP contribution >= 0.6 is 11.8 Å². The van der Waals surface area contributed by atoms with Crippen molar-refractivity contribution in [3.8, 4) is 5.75 Å². The SMILES string of the molecule is O=C(NCc1ccc(F)cc1F)c1cn2c(c(O)c1=O)C(=O)N1C(C2)SC[C@H]1Cc1ccccc1. The number of fused-ring (bicyclic) bond motifs is 2. The Morgan fingerprint density at radius 3 is 2.66 bits per heavy atom. The number of aromatic hydroxyl groups is 1. The molecule has 1 aromatic heterocycles. The Morgan fingerprint density at radius 2 is 1.91 bits per heavy atom. The molecule has 7 nitrogen and oxygen atoms in total. The largest absolute Gasteiger partial charge is 0.503 e. The molecule has 10 heteroatoms. The molecule has 5 rings (SSSR count). The first-order valence-corrected chi connectivity index (χ1v) is 12.0. The number of halogens is 2. The lowest BCUT2D eigenvalue weighted by Gasteiger charge is -2.35. The lowest BCUT2D eigenvalue weighted by Crippen LogP contribution is -2.49. The Labute approximate surface area is 203 Å². The van der Waals surface area contributed by atoms with Crippen molar-refractivity contribution in [1.29, 1.82) is 0 Å². The average molecular weight is 498 g/mol. The van der Waals surface area contributed by atoms with Gasteiger partial charge in [0.15, 0.2) is 11.4 Å². The maximum absolute atomic E-state index is 13.9. The van der Waals surface area contributed by atoms with E-state index < -0.39 is 34.6 Å². The summed E-state index contributed by atoms with van der Waals surface area (Å²) in [5.41, 5.74) is -0.360. The number of pyridine rings is 1. The molecule has 2 aliphatic rings. The molecular formula is C25H21F2N3O4S. The van der Waals surface area contributed by atoms with E-state index in [9.17, 15) is 28.3 Å². The van der Waals surface area contributed by atoms with Gasteiger partial charge in [-0.2, -0.15) is 0 Å². The van der Waals surface area contributed by atoms with E-state index in [4.69, 9.17) is 0 Å². The van der Waals surface area contributed by atoms with Crippen LogP contribution in [-0.2, 0) is 19.5 Å². The van der Waals surface area contributed by atoms with E-state index >= 15 is 0 Å². The highest BCUT2D eigenvalue weighted by Crippen LogP contribution is 2.37. The highest BCUT2D eigenvalue weighted by Gasteiger charge is 2.44. The molecule has 2 atom stereocenters. The molecule has 2 amide bonds. The van der Waals surface area contributed by atoms with Crippen molar-refractivity contribution in [1.82, 2.24) is 14.8 Å². The monoisotopic (exact) mass is 497 g/mol. The zero-order valence-electron chi connectivity index (χ0n) is 18.4. The third-order valence-corrected chi connectivity index (χ3v) is 7.58. The van der Waals surface area contributed by atoms with Crippen molar-refractivity contribution in [2.75, 3.05) is 5.75 Å². The molecule has 0 bridgehead atoms. The van der Waals surface area contributed by atoms with Crippen molar-refractivity contribution in [3.63, 3.8) is 0 Å². The number of nitrogens with one attached hydrogen (secondary N) is 1. The number of nitrogens with zero attached hydrogens (tertiary/aromatic N) is 2. The summed E-state index contributed by atoms with van der Waals surface area (Å²) in [6, 6.07) is 12.6. The normalized spacial score (nSPS) is 18.8. The van der Waals surface area contributed by atoms with Crippen LogP contribution in [0.25, 0.3) is 0 Å². The minimum Gasteiger partial charge on any atom is -0.503 e. The minimum absolute atomic E-state index is 0.0414. The Balaban J connectivity index is 1.39. The first-order chi connectivity index (χ1) is 16.8. The zero-order chi connectivity index (χ0) is 24.7. The molecule has 1 unspecified atom stereocenters. The molecule has 2 aliphatic heterocycles. The minimum atomic E-state index is -0.980. The first-order valence-electron chi connectivity index (χ1n) is 11.0. The number of benzene rings is 2. The predicted octanol–water partition coefficient (Wildman–Crippen LogP) is 2.90.